The Kier molecular flexibility index (Phi) is 4.77. The van der Waals surface area contributed by atoms with Crippen LogP contribution in [-0.2, 0) is 11.3 Å². The largest absolute Gasteiger partial charge is 0.399 e. The van der Waals surface area contributed by atoms with Crippen molar-refractivity contribution in [3.05, 3.63) is 71.3 Å². The summed E-state index contributed by atoms with van der Waals surface area (Å²) in [5.74, 6) is -0.0209. The first kappa shape index (κ1) is 14.9. The second kappa shape index (κ2) is 6.75. The molecular weight excluding hydrogens is 260 g/mol. The van der Waals surface area contributed by atoms with Crippen LogP contribution in [0.25, 0.3) is 6.08 Å². The number of likely N-dealkylation sites (N-methyl/N-ethyl adjacent to an activating group) is 1. The van der Waals surface area contributed by atoms with Crippen molar-refractivity contribution >= 4 is 17.7 Å². The standard InChI is InChI=1S/C18H20N2O/c1-14-3-5-16(6-4-14)13-20(2)18(21)12-9-15-7-10-17(19)11-8-15/h3-12H,13,19H2,1-2H3/b12-9+. The first-order valence-electron chi connectivity index (χ1n) is 6.89. The number of nitrogens with two attached hydrogens (primary N) is 1. The summed E-state index contributed by atoms with van der Waals surface area (Å²) in [6.45, 7) is 2.65. The number of nitrogen functional groups attached to an aromatic ring is 1. The fraction of sp³-hybridized carbons (Fsp3) is 0.167. The lowest BCUT2D eigenvalue weighted by molar-refractivity contribution is -0.125. The quantitative estimate of drug-likeness (QED) is 0.690. The van der Waals surface area contributed by atoms with Crippen LogP contribution in [0.1, 0.15) is 16.7 Å². The van der Waals surface area contributed by atoms with E-state index in [4.69, 9.17) is 5.73 Å². The Hall–Kier alpha value is -2.55. The van der Waals surface area contributed by atoms with Crippen LogP contribution >= 0.6 is 0 Å². The van der Waals surface area contributed by atoms with Crippen LogP contribution in [-0.4, -0.2) is 17.9 Å². The van der Waals surface area contributed by atoms with Gasteiger partial charge in [0.05, 0.1) is 0 Å². The fourth-order valence-corrected chi connectivity index (χ4v) is 1.95. The second-order valence-corrected chi connectivity index (χ2v) is 5.18. The first-order valence-corrected chi connectivity index (χ1v) is 6.89. The summed E-state index contributed by atoms with van der Waals surface area (Å²) < 4.78 is 0. The number of benzene rings is 2. The highest BCUT2D eigenvalue weighted by molar-refractivity contribution is 5.91. The summed E-state index contributed by atoms with van der Waals surface area (Å²) in [7, 11) is 1.80. The number of hydrogen-bond acceptors (Lipinski definition) is 2. The van der Waals surface area contributed by atoms with E-state index in [1.54, 1.807) is 24.1 Å². The maximum absolute atomic E-state index is 12.1. The molecule has 2 rings (SSSR count). The molecule has 0 atom stereocenters. The van der Waals surface area contributed by atoms with Crippen molar-refractivity contribution in [2.75, 3.05) is 12.8 Å². The van der Waals surface area contributed by atoms with Gasteiger partial charge in [-0.1, -0.05) is 42.0 Å². The number of anilines is 1. The summed E-state index contributed by atoms with van der Waals surface area (Å²) in [5, 5.41) is 0. The molecule has 3 heteroatoms. The van der Waals surface area contributed by atoms with Crippen LogP contribution in [0.5, 0.6) is 0 Å². The van der Waals surface area contributed by atoms with E-state index in [1.807, 2.05) is 43.3 Å². The smallest absolute Gasteiger partial charge is 0.246 e. The summed E-state index contributed by atoms with van der Waals surface area (Å²) in [6.07, 6.45) is 3.38. The fourth-order valence-electron chi connectivity index (χ4n) is 1.95. The predicted molar refractivity (Wildman–Crippen MR) is 87.5 cm³/mol. The number of aryl methyl sites for hydroxylation is 1. The second-order valence-electron chi connectivity index (χ2n) is 5.18. The molecule has 0 aliphatic heterocycles. The summed E-state index contributed by atoms with van der Waals surface area (Å²) in [6, 6.07) is 15.6. The van der Waals surface area contributed by atoms with Gasteiger partial charge in [-0.3, -0.25) is 4.79 Å². The Morgan fingerprint density at radius 3 is 2.33 bits per heavy atom. The van der Waals surface area contributed by atoms with Crippen LogP contribution in [0.2, 0.25) is 0 Å². The molecular formula is C18H20N2O. The van der Waals surface area contributed by atoms with Crippen LogP contribution in [0.15, 0.2) is 54.6 Å². The average molecular weight is 280 g/mol. The molecule has 0 fully saturated rings. The molecule has 108 valence electrons. The zero-order valence-corrected chi connectivity index (χ0v) is 12.4. The van der Waals surface area contributed by atoms with E-state index in [9.17, 15) is 4.79 Å². The van der Waals surface area contributed by atoms with E-state index < -0.39 is 0 Å². The Labute approximate surface area is 125 Å². The SMILES string of the molecule is Cc1ccc(CN(C)C(=O)/C=C/c2ccc(N)cc2)cc1. The third-order valence-corrected chi connectivity index (χ3v) is 3.27. The topological polar surface area (TPSA) is 46.3 Å². The highest BCUT2D eigenvalue weighted by Gasteiger charge is 2.05. The summed E-state index contributed by atoms with van der Waals surface area (Å²) in [5.41, 5.74) is 9.65. The van der Waals surface area contributed by atoms with E-state index in [-0.39, 0.29) is 5.91 Å². The van der Waals surface area contributed by atoms with Crippen molar-refractivity contribution in [3.8, 4) is 0 Å². The van der Waals surface area contributed by atoms with Crippen LogP contribution in [0.3, 0.4) is 0 Å². The maximum atomic E-state index is 12.1. The van der Waals surface area contributed by atoms with Gasteiger partial charge in [-0.2, -0.15) is 0 Å². The van der Waals surface area contributed by atoms with E-state index in [0.29, 0.717) is 6.54 Å². The molecule has 0 aromatic heterocycles. The number of carbonyl (C=O) groups is 1. The minimum absolute atomic E-state index is 0.0209. The number of amides is 1. The van der Waals surface area contributed by atoms with Crippen LogP contribution in [0, 0.1) is 6.92 Å². The van der Waals surface area contributed by atoms with Gasteiger partial charge in [-0.25, -0.2) is 0 Å². The molecule has 0 radical (unpaired) electrons. The van der Waals surface area contributed by atoms with Gasteiger partial charge in [-0.15, -0.1) is 0 Å². The third kappa shape index (κ3) is 4.49. The molecule has 0 saturated carbocycles. The normalized spacial score (nSPS) is 10.8. The monoisotopic (exact) mass is 280 g/mol. The Morgan fingerprint density at radius 1 is 1.10 bits per heavy atom. The van der Waals surface area contributed by atoms with Gasteiger partial charge >= 0.3 is 0 Å². The first-order chi connectivity index (χ1) is 10.0. The zero-order valence-electron chi connectivity index (χ0n) is 12.4. The lowest BCUT2D eigenvalue weighted by atomic mass is 10.1. The highest BCUT2D eigenvalue weighted by atomic mass is 16.2. The van der Waals surface area contributed by atoms with Crippen molar-refractivity contribution in [3.63, 3.8) is 0 Å². The Morgan fingerprint density at radius 2 is 1.71 bits per heavy atom. The molecule has 2 aromatic carbocycles. The van der Waals surface area contributed by atoms with E-state index >= 15 is 0 Å². The maximum Gasteiger partial charge on any atom is 0.246 e. The van der Waals surface area contributed by atoms with Crippen molar-refractivity contribution in [1.29, 1.82) is 0 Å². The molecule has 0 unspecified atom stereocenters. The van der Waals surface area contributed by atoms with Gasteiger partial charge in [0.2, 0.25) is 5.91 Å². The molecule has 0 heterocycles. The predicted octanol–water partition coefficient (Wildman–Crippen LogP) is 3.25. The minimum Gasteiger partial charge on any atom is -0.399 e. The molecule has 21 heavy (non-hydrogen) atoms. The third-order valence-electron chi connectivity index (χ3n) is 3.27. The molecule has 3 nitrogen and oxygen atoms in total. The van der Waals surface area contributed by atoms with Gasteiger partial charge in [0, 0.05) is 25.4 Å². The summed E-state index contributed by atoms with van der Waals surface area (Å²) >= 11 is 0. The van der Waals surface area contributed by atoms with Crippen molar-refractivity contribution in [2.45, 2.75) is 13.5 Å². The van der Waals surface area contributed by atoms with Crippen molar-refractivity contribution in [1.82, 2.24) is 4.90 Å². The van der Waals surface area contributed by atoms with Crippen LogP contribution < -0.4 is 5.73 Å². The van der Waals surface area contributed by atoms with Gasteiger partial charge in [-0.05, 0) is 36.3 Å². The molecule has 1 amide bonds. The van der Waals surface area contributed by atoms with Crippen LogP contribution in [0.4, 0.5) is 5.69 Å². The van der Waals surface area contributed by atoms with Crippen molar-refractivity contribution < 1.29 is 4.79 Å². The Balaban J connectivity index is 1.96. The van der Waals surface area contributed by atoms with E-state index in [1.165, 1.54) is 5.56 Å². The van der Waals surface area contributed by atoms with E-state index in [0.717, 1.165) is 16.8 Å². The lowest BCUT2D eigenvalue weighted by Crippen LogP contribution is -2.24. The Bertz CT molecular complexity index is 627. The summed E-state index contributed by atoms with van der Waals surface area (Å²) in [4.78, 5) is 13.8. The van der Waals surface area contributed by atoms with Gasteiger partial charge in [0.15, 0.2) is 0 Å². The van der Waals surface area contributed by atoms with Gasteiger partial charge in [0.1, 0.15) is 0 Å². The molecule has 0 aliphatic rings. The molecule has 2 N–H and O–H groups in total. The zero-order chi connectivity index (χ0) is 15.2. The van der Waals surface area contributed by atoms with Gasteiger partial charge in [0.25, 0.3) is 0 Å². The number of nitrogens with zero attached hydrogens (tertiary/aromatic N) is 1. The van der Waals surface area contributed by atoms with Crippen molar-refractivity contribution in [2.24, 2.45) is 0 Å². The molecule has 2 aromatic rings. The highest BCUT2D eigenvalue weighted by Crippen LogP contribution is 2.09. The lowest BCUT2D eigenvalue weighted by Gasteiger charge is -2.15. The number of carbonyl (C=O) groups excluding carboxylic acids is 1. The minimum atomic E-state index is -0.0209. The van der Waals surface area contributed by atoms with Gasteiger partial charge < -0.3 is 10.6 Å². The number of rotatable bonds is 4. The van der Waals surface area contributed by atoms with E-state index in [2.05, 4.69) is 12.1 Å². The number of hydrogen-bond donors (Lipinski definition) is 1. The molecule has 0 saturated heterocycles. The average Bonchev–Trinajstić information content (AvgIpc) is 2.48. The molecule has 0 bridgehead atoms. The molecule has 0 aliphatic carbocycles. The molecule has 0 spiro atoms.